The van der Waals surface area contributed by atoms with Crippen molar-refractivity contribution in [2.45, 2.75) is 32.7 Å². The predicted octanol–water partition coefficient (Wildman–Crippen LogP) is 2.41. The summed E-state index contributed by atoms with van der Waals surface area (Å²) in [6.45, 7) is 7.59. The second-order valence-electron chi connectivity index (χ2n) is 3.88. The van der Waals surface area contributed by atoms with Gasteiger partial charge in [-0.1, -0.05) is 0 Å². The Hall–Kier alpha value is -0.610. The van der Waals surface area contributed by atoms with E-state index in [1.807, 2.05) is 0 Å². The van der Waals surface area contributed by atoms with E-state index in [9.17, 15) is 0 Å². The number of nitrogens with zero attached hydrogens (tertiary/aromatic N) is 2. The minimum absolute atomic E-state index is 0.505. The molecule has 0 spiro atoms. The molecule has 84 valence electrons. The number of thiazole rings is 1. The molecular weight excluding hydrogens is 206 g/mol. The van der Waals surface area contributed by atoms with Crippen molar-refractivity contribution >= 4 is 16.5 Å². The largest absolute Gasteiger partial charge is 0.349 e. The van der Waals surface area contributed by atoms with Crippen molar-refractivity contribution in [1.29, 1.82) is 0 Å². The average Bonchev–Trinajstić information content (AvgIpc) is 2.89. The molecule has 0 amide bonds. The third-order valence-electron chi connectivity index (χ3n) is 2.96. The van der Waals surface area contributed by atoms with Crippen molar-refractivity contribution in [3.05, 3.63) is 11.1 Å². The molecule has 3 nitrogen and oxygen atoms in total. The molecule has 1 aliphatic heterocycles. The zero-order valence-corrected chi connectivity index (χ0v) is 10.3. The van der Waals surface area contributed by atoms with Crippen molar-refractivity contribution in [2.75, 3.05) is 24.5 Å². The Balaban J connectivity index is 2.08. The Kier molecular flexibility index (Phi) is 3.59. The van der Waals surface area contributed by atoms with Crippen molar-refractivity contribution in [3.8, 4) is 0 Å². The van der Waals surface area contributed by atoms with Gasteiger partial charge >= 0.3 is 0 Å². The summed E-state index contributed by atoms with van der Waals surface area (Å²) in [5, 5.41) is 6.86. The van der Waals surface area contributed by atoms with E-state index in [2.05, 4.69) is 29.4 Å². The van der Waals surface area contributed by atoms with Gasteiger partial charge in [0.1, 0.15) is 0 Å². The first kappa shape index (κ1) is 10.9. The maximum absolute atomic E-state index is 4.72. The average molecular weight is 225 g/mol. The minimum Gasteiger partial charge on any atom is -0.349 e. The summed E-state index contributed by atoms with van der Waals surface area (Å²) < 4.78 is 0. The Bertz CT molecular complexity index is 284. The fourth-order valence-corrected chi connectivity index (χ4v) is 3.02. The van der Waals surface area contributed by atoms with Crippen molar-refractivity contribution in [3.63, 3.8) is 0 Å². The van der Waals surface area contributed by atoms with E-state index in [1.165, 1.54) is 23.7 Å². The van der Waals surface area contributed by atoms with Gasteiger partial charge in [0.2, 0.25) is 0 Å². The Morgan fingerprint density at radius 3 is 2.93 bits per heavy atom. The lowest BCUT2D eigenvalue weighted by Gasteiger charge is -2.16. The summed E-state index contributed by atoms with van der Waals surface area (Å²) in [6, 6.07) is 0.505. The molecule has 15 heavy (non-hydrogen) atoms. The maximum atomic E-state index is 4.72. The number of hydrogen-bond acceptors (Lipinski definition) is 4. The van der Waals surface area contributed by atoms with Crippen LogP contribution in [0.1, 0.15) is 38.4 Å². The highest BCUT2D eigenvalue weighted by atomic mass is 32.1. The number of rotatable bonds is 4. The first-order valence-corrected chi connectivity index (χ1v) is 6.66. The van der Waals surface area contributed by atoms with Crippen molar-refractivity contribution < 1.29 is 0 Å². The molecule has 1 aliphatic rings. The lowest BCUT2D eigenvalue weighted by Crippen LogP contribution is -2.22. The summed E-state index contributed by atoms with van der Waals surface area (Å²) in [6.07, 6.45) is 2.52. The normalized spacial score (nSPS) is 20.8. The molecule has 1 saturated heterocycles. The number of nitrogens with one attached hydrogen (secondary N) is 1. The smallest absolute Gasteiger partial charge is 0.185 e. The van der Waals surface area contributed by atoms with E-state index in [1.54, 1.807) is 11.3 Å². The van der Waals surface area contributed by atoms with Gasteiger partial charge in [0.15, 0.2) is 5.13 Å². The molecule has 2 rings (SSSR count). The fraction of sp³-hybridized carbons (Fsp3) is 0.727. The lowest BCUT2D eigenvalue weighted by molar-refractivity contribution is 0.631. The van der Waals surface area contributed by atoms with Crippen molar-refractivity contribution in [1.82, 2.24) is 10.3 Å². The van der Waals surface area contributed by atoms with Crippen molar-refractivity contribution in [2.24, 2.45) is 0 Å². The number of hydrogen-bond donors (Lipinski definition) is 1. The van der Waals surface area contributed by atoms with E-state index in [4.69, 9.17) is 4.98 Å². The summed E-state index contributed by atoms with van der Waals surface area (Å²) in [7, 11) is 0. The summed E-state index contributed by atoms with van der Waals surface area (Å²) in [5.74, 6) is 0. The molecule has 1 aromatic rings. The molecule has 4 heteroatoms. The van der Waals surface area contributed by atoms with Crippen LogP contribution in [0.25, 0.3) is 0 Å². The second-order valence-corrected chi connectivity index (χ2v) is 4.71. The summed E-state index contributed by atoms with van der Waals surface area (Å²) >= 11 is 1.77. The van der Waals surface area contributed by atoms with Gasteiger partial charge in [-0.05, 0) is 33.2 Å². The molecular formula is C11H19N3S. The Morgan fingerprint density at radius 1 is 1.53 bits per heavy atom. The molecule has 1 aromatic heterocycles. The van der Waals surface area contributed by atoms with Crippen LogP contribution in [0.4, 0.5) is 5.13 Å². The van der Waals surface area contributed by atoms with Crippen LogP contribution in [0, 0.1) is 0 Å². The summed E-state index contributed by atoms with van der Waals surface area (Å²) in [5.41, 5.74) is 1.24. The summed E-state index contributed by atoms with van der Waals surface area (Å²) in [4.78, 5) is 7.02. The van der Waals surface area contributed by atoms with E-state index in [-0.39, 0.29) is 0 Å². The molecule has 1 atom stereocenters. The maximum Gasteiger partial charge on any atom is 0.185 e. The van der Waals surface area contributed by atoms with Crippen LogP contribution < -0.4 is 10.2 Å². The van der Waals surface area contributed by atoms with E-state index in [0.29, 0.717) is 6.04 Å². The van der Waals surface area contributed by atoms with Crippen LogP contribution in [0.2, 0.25) is 0 Å². The third kappa shape index (κ3) is 2.32. The predicted molar refractivity (Wildman–Crippen MR) is 65.7 cm³/mol. The van der Waals surface area contributed by atoms with Crippen LogP contribution in [0.5, 0.6) is 0 Å². The van der Waals surface area contributed by atoms with Gasteiger partial charge in [0, 0.05) is 18.5 Å². The highest BCUT2D eigenvalue weighted by Gasteiger charge is 2.19. The minimum atomic E-state index is 0.505. The molecule has 0 unspecified atom stereocenters. The molecule has 0 radical (unpaired) electrons. The van der Waals surface area contributed by atoms with Crippen LogP contribution in [0.15, 0.2) is 5.38 Å². The Labute approximate surface area is 95.5 Å². The zero-order valence-electron chi connectivity index (χ0n) is 9.49. The molecule has 1 fully saturated rings. The van der Waals surface area contributed by atoms with Crippen LogP contribution in [0.3, 0.4) is 0 Å². The van der Waals surface area contributed by atoms with Gasteiger partial charge in [-0.2, -0.15) is 0 Å². The molecule has 0 aromatic carbocycles. The van der Waals surface area contributed by atoms with Gasteiger partial charge in [-0.15, -0.1) is 11.3 Å². The Morgan fingerprint density at radius 2 is 2.33 bits per heavy atom. The monoisotopic (exact) mass is 225 g/mol. The van der Waals surface area contributed by atoms with E-state index in [0.717, 1.165) is 19.6 Å². The van der Waals surface area contributed by atoms with Gasteiger partial charge in [0.25, 0.3) is 0 Å². The molecule has 2 heterocycles. The number of aromatic nitrogens is 1. The molecule has 0 saturated carbocycles. The van der Waals surface area contributed by atoms with Crippen LogP contribution >= 0.6 is 11.3 Å². The number of anilines is 1. The highest BCUT2D eigenvalue weighted by Crippen LogP contribution is 2.28. The lowest BCUT2D eigenvalue weighted by atomic mass is 10.2. The zero-order chi connectivity index (χ0) is 10.7. The fourth-order valence-electron chi connectivity index (χ4n) is 2.01. The van der Waals surface area contributed by atoms with Gasteiger partial charge < -0.3 is 10.2 Å². The van der Waals surface area contributed by atoms with Gasteiger partial charge in [0.05, 0.1) is 11.7 Å². The molecule has 0 aliphatic carbocycles. The topological polar surface area (TPSA) is 28.2 Å². The highest BCUT2D eigenvalue weighted by molar-refractivity contribution is 7.13. The quantitative estimate of drug-likeness (QED) is 0.853. The van der Waals surface area contributed by atoms with Crippen LogP contribution in [-0.2, 0) is 0 Å². The standard InChI is InChI=1S/C11H19N3S/c1-3-14(4-2)11-13-10(8-15-11)9-6-5-7-12-9/h8-9,12H,3-7H2,1-2H3/t9-/m0/s1. The van der Waals surface area contributed by atoms with Gasteiger partial charge in [-0.25, -0.2) is 4.98 Å². The van der Waals surface area contributed by atoms with E-state index >= 15 is 0 Å². The SMILES string of the molecule is CCN(CC)c1nc([C@@H]2CCCN2)cs1. The first-order valence-electron chi connectivity index (χ1n) is 5.79. The molecule has 0 bridgehead atoms. The van der Waals surface area contributed by atoms with Gasteiger partial charge in [-0.3, -0.25) is 0 Å². The van der Waals surface area contributed by atoms with E-state index < -0.39 is 0 Å². The van der Waals surface area contributed by atoms with Crippen LogP contribution in [-0.4, -0.2) is 24.6 Å². The molecule has 1 N–H and O–H groups in total. The third-order valence-corrected chi connectivity index (χ3v) is 3.88. The first-order chi connectivity index (χ1) is 7.35. The second kappa shape index (κ2) is 4.94.